The van der Waals surface area contributed by atoms with Crippen LogP contribution in [0.3, 0.4) is 0 Å². The Morgan fingerprint density at radius 3 is 2.71 bits per heavy atom. The second kappa shape index (κ2) is 3.58. The molecule has 2 rings (SSSR count). The summed E-state index contributed by atoms with van der Waals surface area (Å²) in [5.41, 5.74) is 4.51. The summed E-state index contributed by atoms with van der Waals surface area (Å²) in [6, 6.07) is 6.13. The molecule has 0 saturated heterocycles. The predicted octanol–water partition coefficient (Wildman–Crippen LogP) is 2.76. The van der Waals surface area contributed by atoms with Gasteiger partial charge in [0.15, 0.2) is 0 Å². The Labute approximate surface area is 83.7 Å². The molecule has 0 N–H and O–H groups in total. The smallest absolute Gasteiger partial charge is 0.0451 e. The lowest BCUT2D eigenvalue weighted by Crippen LogP contribution is -1.89. The molecule has 2 heterocycles. The Balaban J connectivity index is 2.57. The van der Waals surface area contributed by atoms with Crippen LogP contribution in [-0.2, 0) is 0 Å². The molecule has 0 unspecified atom stereocenters. The van der Waals surface area contributed by atoms with E-state index in [1.807, 2.05) is 32.3 Å². The van der Waals surface area contributed by atoms with Gasteiger partial charge >= 0.3 is 0 Å². The molecule has 14 heavy (non-hydrogen) atoms. The highest BCUT2D eigenvalue weighted by Crippen LogP contribution is 2.21. The molecule has 0 aliphatic carbocycles. The lowest BCUT2D eigenvalue weighted by molar-refractivity contribution is 1.17. The van der Waals surface area contributed by atoms with Crippen LogP contribution < -0.4 is 0 Å². The molecule has 2 heteroatoms. The van der Waals surface area contributed by atoms with Crippen molar-refractivity contribution in [3.8, 4) is 11.1 Å². The van der Waals surface area contributed by atoms with Crippen LogP contribution in [0.15, 0.2) is 36.8 Å². The van der Waals surface area contributed by atoms with E-state index in [1.165, 1.54) is 5.56 Å². The van der Waals surface area contributed by atoms with Gasteiger partial charge in [0.25, 0.3) is 0 Å². The molecule has 0 aliphatic rings. The van der Waals surface area contributed by atoms with Crippen molar-refractivity contribution in [2.75, 3.05) is 0 Å². The first-order valence-electron chi connectivity index (χ1n) is 4.61. The summed E-state index contributed by atoms with van der Waals surface area (Å²) in [6.07, 6.45) is 5.53. The maximum absolute atomic E-state index is 4.33. The fourth-order valence-corrected chi connectivity index (χ4v) is 1.45. The van der Waals surface area contributed by atoms with Gasteiger partial charge in [-0.2, -0.15) is 0 Å². The molecule has 2 nitrogen and oxygen atoms in total. The molecule has 0 radical (unpaired) electrons. The van der Waals surface area contributed by atoms with E-state index in [0.29, 0.717) is 0 Å². The van der Waals surface area contributed by atoms with E-state index < -0.39 is 0 Å². The maximum atomic E-state index is 4.33. The van der Waals surface area contributed by atoms with Crippen LogP contribution in [-0.4, -0.2) is 9.97 Å². The Morgan fingerprint density at radius 2 is 2.00 bits per heavy atom. The fourth-order valence-electron chi connectivity index (χ4n) is 1.45. The Hall–Kier alpha value is -1.70. The third kappa shape index (κ3) is 1.64. The van der Waals surface area contributed by atoms with Gasteiger partial charge in [-0.05, 0) is 31.5 Å². The minimum absolute atomic E-state index is 1.05. The van der Waals surface area contributed by atoms with Crippen molar-refractivity contribution in [3.63, 3.8) is 0 Å². The normalized spacial score (nSPS) is 10.1. The number of rotatable bonds is 1. The van der Waals surface area contributed by atoms with Crippen molar-refractivity contribution < 1.29 is 0 Å². The molecule has 2 aromatic heterocycles. The van der Waals surface area contributed by atoms with Gasteiger partial charge < -0.3 is 0 Å². The average Bonchev–Trinajstić information content (AvgIpc) is 2.23. The molecular weight excluding hydrogens is 172 g/mol. The zero-order valence-electron chi connectivity index (χ0n) is 8.36. The van der Waals surface area contributed by atoms with E-state index in [2.05, 4.69) is 22.1 Å². The first-order valence-corrected chi connectivity index (χ1v) is 4.61. The van der Waals surface area contributed by atoms with Gasteiger partial charge in [0.2, 0.25) is 0 Å². The third-order valence-corrected chi connectivity index (χ3v) is 2.20. The largest absolute Gasteiger partial charge is 0.264 e. The van der Waals surface area contributed by atoms with E-state index in [-0.39, 0.29) is 0 Å². The zero-order valence-corrected chi connectivity index (χ0v) is 8.36. The van der Waals surface area contributed by atoms with E-state index in [0.717, 1.165) is 16.8 Å². The maximum Gasteiger partial charge on any atom is 0.0451 e. The lowest BCUT2D eigenvalue weighted by Gasteiger charge is -2.05. The number of pyridine rings is 2. The molecule has 0 amide bonds. The molecule has 0 spiro atoms. The zero-order chi connectivity index (χ0) is 9.97. The SMILES string of the molecule is Cc1cnc(C)c(-c2cccnc2)c1. The van der Waals surface area contributed by atoms with E-state index in [9.17, 15) is 0 Å². The molecule has 0 bridgehead atoms. The predicted molar refractivity (Wildman–Crippen MR) is 56.9 cm³/mol. The summed E-state index contributed by atoms with van der Waals surface area (Å²) in [6.45, 7) is 4.06. The highest BCUT2D eigenvalue weighted by molar-refractivity contribution is 5.65. The van der Waals surface area contributed by atoms with Crippen LogP contribution >= 0.6 is 0 Å². The Bertz CT molecular complexity index is 435. The molecule has 0 atom stereocenters. The van der Waals surface area contributed by atoms with Gasteiger partial charge in [-0.1, -0.05) is 6.07 Å². The summed E-state index contributed by atoms with van der Waals surface area (Å²) >= 11 is 0. The van der Waals surface area contributed by atoms with Gasteiger partial charge in [-0.15, -0.1) is 0 Å². The summed E-state index contributed by atoms with van der Waals surface area (Å²) in [5, 5.41) is 0. The molecule has 70 valence electrons. The van der Waals surface area contributed by atoms with Crippen LogP contribution in [0, 0.1) is 13.8 Å². The second-order valence-corrected chi connectivity index (χ2v) is 3.39. The number of nitrogens with zero attached hydrogens (tertiary/aromatic N) is 2. The monoisotopic (exact) mass is 184 g/mol. The summed E-state index contributed by atoms with van der Waals surface area (Å²) in [7, 11) is 0. The summed E-state index contributed by atoms with van der Waals surface area (Å²) in [5.74, 6) is 0. The molecule has 0 fully saturated rings. The minimum atomic E-state index is 1.05. The first-order chi connectivity index (χ1) is 6.77. The van der Waals surface area contributed by atoms with Crippen molar-refractivity contribution in [3.05, 3.63) is 48.0 Å². The van der Waals surface area contributed by atoms with Crippen LogP contribution in [0.5, 0.6) is 0 Å². The van der Waals surface area contributed by atoms with Gasteiger partial charge in [-0.25, -0.2) is 0 Å². The van der Waals surface area contributed by atoms with E-state index >= 15 is 0 Å². The Morgan fingerprint density at radius 1 is 1.14 bits per heavy atom. The van der Waals surface area contributed by atoms with Crippen LogP contribution in [0.25, 0.3) is 11.1 Å². The number of hydrogen-bond acceptors (Lipinski definition) is 2. The molecule has 2 aromatic rings. The molecule has 0 aromatic carbocycles. The number of aryl methyl sites for hydroxylation is 2. The highest BCUT2D eigenvalue weighted by atomic mass is 14.7. The lowest BCUT2D eigenvalue weighted by atomic mass is 10.1. The number of aromatic nitrogens is 2. The van der Waals surface area contributed by atoms with Crippen molar-refractivity contribution in [1.82, 2.24) is 9.97 Å². The molecule has 0 saturated carbocycles. The van der Waals surface area contributed by atoms with Gasteiger partial charge in [0.1, 0.15) is 0 Å². The average molecular weight is 184 g/mol. The van der Waals surface area contributed by atoms with E-state index in [1.54, 1.807) is 6.20 Å². The summed E-state index contributed by atoms with van der Waals surface area (Å²) in [4.78, 5) is 8.43. The molecular formula is C12H12N2. The van der Waals surface area contributed by atoms with Gasteiger partial charge in [0, 0.05) is 35.4 Å². The topological polar surface area (TPSA) is 25.8 Å². The first kappa shape index (κ1) is 8.88. The van der Waals surface area contributed by atoms with Crippen LogP contribution in [0.1, 0.15) is 11.3 Å². The minimum Gasteiger partial charge on any atom is -0.264 e. The Kier molecular flexibility index (Phi) is 2.27. The standard InChI is InChI=1S/C12H12N2/c1-9-6-12(10(2)14-7-9)11-4-3-5-13-8-11/h3-8H,1-2H3. The second-order valence-electron chi connectivity index (χ2n) is 3.39. The van der Waals surface area contributed by atoms with Gasteiger partial charge in [-0.3, -0.25) is 9.97 Å². The van der Waals surface area contributed by atoms with Crippen molar-refractivity contribution in [1.29, 1.82) is 0 Å². The van der Waals surface area contributed by atoms with Crippen LogP contribution in [0.4, 0.5) is 0 Å². The molecule has 0 aliphatic heterocycles. The van der Waals surface area contributed by atoms with Gasteiger partial charge in [0.05, 0.1) is 0 Å². The van der Waals surface area contributed by atoms with E-state index in [4.69, 9.17) is 0 Å². The van der Waals surface area contributed by atoms with Crippen molar-refractivity contribution in [2.24, 2.45) is 0 Å². The van der Waals surface area contributed by atoms with Crippen molar-refractivity contribution >= 4 is 0 Å². The fraction of sp³-hybridized carbons (Fsp3) is 0.167. The quantitative estimate of drug-likeness (QED) is 0.681. The number of hydrogen-bond donors (Lipinski definition) is 0. The highest BCUT2D eigenvalue weighted by Gasteiger charge is 2.02. The van der Waals surface area contributed by atoms with Crippen molar-refractivity contribution in [2.45, 2.75) is 13.8 Å². The summed E-state index contributed by atoms with van der Waals surface area (Å²) < 4.78 is 0. The van der Waals surface area contributed by atoms with Crippen LogP contribution in [0.2, 0.25) is 0 Å². The third-order valence-electron chi connectivity index (χ3n) is 2.20.